The molecule has 1 aromatic rings. The lowest BCUT2D eigenvalue weighted by molar-refractivity contribution is -0.939. The summed E-state index contributed by atoms with van der Waals surface area (Å²) in [5.74, 6) is 0. The van der Waals surface area contributed by atoms with Gasteiger partial charge < -0.3 is 24.6 Å². The minimum absolute atomic E-state index is 0.0498. The van der Waals surface area contributed by atoms with Crippen LogP contribution < -0.4 is 10.2 Å². The zero-order valence-corrected chi connectivity index (χ0v) is 14.0. The van der Waals surface area contributed by atoms with Gasteiger partial charge in [-0.05, 0) is 12.0 Å². The summed E-state index contributed by atoms with van der Waals surface area (Å²) in [6.07, 6.45) is 0.918. The molecule has 3 aliphatic rings. The molecule has 0 unspecified atom stereocenters. The van der Waals surface area contributed by atoms with Gasteiger partial charge >= 0.3 is 6.03 Å². The Morgan fingerprint density at radius 1 is 1.08 bits per heavy atom. The van der Waals surface area contributed by atoms with Crippen LogP contribution in [-0.2, 0) is 15.9 Å². The van der Waals surface area contributed by atoms with E-state index in [-0.39, 0.29) is 12.1 Å². The van der Waals surface area contributed by atoms with Crippen molar-refractivity contribution in [2.75, 3.05) is 52.6 Å². The van der Waals surface area contributed by atoms with E-state index in [0.29, 0.717) is 32.3 Å². The molecule has 2 fully saturated rings. The summed E-state index contributed by atoms with van der Waals surface area (Å²) in [6, 6.07) is 9.16. The zero-order chi connectivity index (χ0) is 16.4. The minimum Gasteiger partial charge on any atom is -0.378 e. The molecule has 0 saturated carbocycles. The van der Waals surface area contributed by atoms with Gasteiger partial charge in [0.15, 0.2) is 0 Å². The predicted molar refractivity (Wildman–Crippen MR) is 89.1 cm³/mol. The van der Waals surface area contributed by atoms with Crippen molar-refractivity contribution >= 4 is 6.03 Å². The first kappa shape index (κ1) is 15.9. The quantitative estimate of drug-likeness (QED) is 0.776. The highest BCUT2D eigenvalue weighted by Crippen LogP contribution is 2.29. The Morgan fingerprint density at radius 3 is 2.58 bits per heavy atom. The highest BCUT2D eigenvalue weighted by atomic mass is 16.5. The Labute approximate surface area is 142 Å². The van der Waals surface area contributed by atoms with Crippen molar-refractivity contribution in [3.05, 3.63) is 35.4 Å². The fraction of sp³-hybridized carbons (Fsp3) is 0.611. The average molecular weight is 332 g/mol. The van der Waals surface area contributed by atoms with Crippen molar-refractivity contribution in [3.8, 4) is 0 Å². The van der Waals surface area contributed by atoms with Crippen molar-refractivity contribution in [1.29, 1.82) is 0 Å². The van der Waals surface area contributed by atoms with Crippen LogP contribution >= 0.6 is 0 Å². The standard InChI is InChI=1S/C18H25N3O3/c22-18(21-7-11-24-12-8-21)19-16-13-14-3-1-2-4-15(14)17(16)20-5-9-23-10-6-20/h1-4,16-17H,5-13H2,(H,19,22)/p+1/t16-,17+/m1/s1. The molecule has 1 aromatic carbocycles. The van der Waals surface area contributed by atoms with E-state index < -0.39 is 0 Å². The molecule has 4 rings (SSSR count). The number of nitrogens with zero attached hydrogens (tertiary/aromatic N) is 1. The van der Waals surface area contributed by atoms with Crippen molar-refractivity contribution in [2.45, 2.75) is 18.5 Å². The second kappa shape index (κ2) is 7.09. The van der Waals surface area contributed by atoms with Gasteiger partial charge in [0.2, 0.25) is 0 Å². The maximum atomic E-state index is 12.7. The molecule has 6 nitrogen and oxygen atoms in total. The number of hydrogen-bond acceptors (Lipinski definition) is 3. The van der Waals surface area contributed by atoms with Gasteiger partial charge in [0.1, 0.15) is 19.1 Å². The molecule has 2 aliphatic heterocycles. The van der Waals surface area contributed by atoms with Crippen molar-refractivity contribution < 1.29 is 19.2 Å². The van der Waals surface area contributed by atoms with E-state index in [4.69, 9.17) is 9.47 Å². The maximum absolute atomic E-state index is 12.7. The number of benzene rings is 1. The van der Waals surface area contributed by atoms with E-state index in [9.17, 15) is 4.79 Å². The molecule has 0 spiro atoms. The lowest BCUT2D eigenvalue weighted by Gasteiger charge is -2.35. The Kier molecular flexibility index (Phi) is 4.69. The number of amides is 2. The fourth-order valence-electron chi connectivity index (χ4n) is 4.19. The van der Waals surface area contributed by atoms with Gasteiger partial charge in [-0.15, -0.1) is 0 Å². The highest BCUT2D eigenvalue weighted by Gasteiger charge is 2.41. The molecule has 2 N–H and O–H groups in total. The van der Waals surface area contributed by atoms with Crippen LogP contribution in [0.2, 0.25) is 0 Å². The van der Waals surface area contributed by atoms with Crippen LogP contribution in [-0.4, -0.2) is 69.6 Å². The summed E-state index contributed by atoms with van der Waals surface area (Å²) < 4.78 is 10.9. The van der Waals surface area contributed by atoms with Crippen LogP contribution in [0.15, 0.2) is 24.3 Å². The Bertz CT molecular complexity index is 583. The summed E-state index contributed by atoms with van der Waals surface area (Å²) in [6.45, 7) is 6.25. The monoisotopic (exact) mass is 332 g/mol. The smallest absolute Gasteiger partial charge is 0.318 e. The van der Waals surface area contributed by atoms with E-state index in [1.807, 2.05) is 4.90 Å². The number of ether oxygens (including phenoxy) is 2. The Morgan fingerprint density at radius 2 is 1.79 bits per heavy atom. The van der Waals surface area contributed by atoms with Crippen LogP contribution in [0.5, 0.6) is 0 Å². The van der Waals surface area contributed by atoms with E-state index >= 15 is 0 Å². The number of carbonyl (C=O) groups excluding carboxylic acids is 1. The maximum Gasteiger partial charge on any atom is 0.318 e. The predicted octanol–water partition coefficient (Wildman–Crippen LogP) is -0.391. The lowest BCUT2D eigenvalue weighted by atomic mass is 10.0. The number of quaternary nitrogens is 1. The van der Waals surface area contributed by atoms with Crippen LogP contribution in [0.3, 0.4) is 0 Å². The van der Waals surface area contributed by atoms with Crippen molar-refractivity contribution in [3.63, 3.8) is 0 Å². The van der Waals surface area contributed by atoms with E-state index in [0.717, 1.165) is 32.7 Å². The summed E-state index contributed by atoms with van der Waals surface area (Å²) in [5, 5.41) is 3.31. The fourth-order valence-corrected chi connectivity index (χ4v) is 4.19. The number of carbonyl (C=O) groups is 1. The summed E-state index contributed by atoms with van der Waals surface area (Å²) >= 11 is 0. The summed E-state index contributed by atoms with van der Waals surface area (Å²) in [4.78, 5) is 16.1. The SMILES string of the molecule is O=C(N[C@@H]1Cc2ccccc2[C@@H]1[NH+]1CCOCC1)N1CCOCC1. The Balaban J connectivity index is 1.51. The second-order valence-electron chi connectivity index (χ2n) is 6.81. The topological polar surface area (TPSA) is 55.2 Å². The first-order valence-corrected chi connectivity index (χ1v) is 8.96. The lowest BCUT2D eigenvalue weighted by Crippen LogP contribution is -3.15. The molecule has 2 amide bonds. The molecule has 130 valence electrons. The number of morpholine rings is 2. The number of urea groups is 1. The van der Waals surface area contributed by atoms with Crippen LogP contribution in [0, 0.1) is 0 Å². The molecule has 6 heteroatoms. The molecular formula is C18H26N3O3+. The van der Waals surface area contributed by atoms with Gasteiger partial charge in [-0.25, -0.2) is 4.79 Å². The molecule has 0 bridgehead atoms. The van der Waals surface area contributed by atoms with E-state index in [1.54, 1.807) is 0 Å². The molecule has 2 heterocycles. The number of fused-ring (bicyclic) bond motifs is 1. The van der Waals surface area contributed by atoms with E-state index in [2.05, 4.69) is 29.6 Å². The van der Waals surface area contributed by atoms with Crippen molar-refractivity contribution in [1.82, 2.24) is 10.2 Å². The first-order chi connectivity index (χ1) is 11.8. The normalized spacial score (nSPS) is 27.8. The largest absolute Gasteiger partial charge is 0.378 e. The first-order valence-electron chi connectivity index (χ1n) is 8.96. The second-order valence-corrected chi connectivity index (χ2v) is 6.81. The molecule has 1 aliphatic carbocycles. The molecular weight excluding hydrogens is 306 g/mol. The van der Waals surface area contributed by atoms with Gasteiger partial charge in [0.05, 0.1) is 32.5 Å². The van der Waals surface area contributed by atoms with Crippen LogP contribution in [0.4, 0.5) is 4.79 Å². The van der Waals surface area contributed by atoms with Gasteiger partial charge in [-0.2, -0.15) is 0 Å². The number of nitrogens with one attached hydrogen (secondary N) is 2. The number of hydrogen-bond donors (Lipinski definition) is 2. The number of rotatable bonds is 2. The summed E-state index contributed by atoms with van der Waals surface area (Å²) in [5.41, 5.74) is 2.76. The van der Waals surface area contributed by atoms with Gasteiger partial charge in [0, 0.05) is 18.7 Å². The third-order valence-electron chi connectivity index (χ3n) is 5.41. The molecule has 2 atom stereocenters. The third kappa shape index (κ3) is 3.14. The molecule has 0 aromatic heterocycles. The van der Waals surface area contributed by atoms with Gasteiger partial charge in [-0.3, -0.25) is 0 Å². The van der Waals surface area contributed by atoms with Crippen LogP contribution in [0.25, 0.3) is 0 Å². The minimum atomic E-state index is 0.0498. The van der Waals surface area contributed by atoms with Gasteiger partial charge in [0.25, 0.3) is 0 Å². The average Bonchev–Trinajstić information content (AvgIpc) is 3.01. The van der Waals surface area contributed by atoms with E-state index in [1.165, 1.54) is 16.0 Å². The van der Waals surface area contributed by atoms with Crippen LogP contribution in [0.1, 0.15) is 17.2 Å². The van der Waals surface area contributed by atoms with Crippen molar-refractivity contribution in [2.24, 2.45) is 0 Å². The molecule has 24 heavy (non-hydrogen) atoms. The van der Waals surface area contributed by atoms with Gasteiger partial charge in [-0.1, -0.05) is 24.3 Å². The zero-order valence-electron chi connectivity index (χ0n) is 14.0. The summed E-state index contributed by atoms with van der Waals surface area (Å²) in [7, 11) is 0. The third-order valence-corrected chi connectivity index (χ3v) is 5.41. The Hall–Kier alpha value is -1.63. The highest BCUT2D eigenvalue weighted by molar-refractivity contribution is 5.75. The molecule has 0 radical (unpaired) electrons. The molecule has 2 saturated heterocycles.